The van der Waals surface area contributed by atoms with Crippen LogP contribution in [0.25, 0.3) is 11.4 Å². The van der Waals surface area contributed by atoms with Crippen molar-refractivity contribution in [2.24, 2.45) is 0 Å². The lowest BCUT2D eigenvalue weighted by molar-refractivity contribution is 0.602. The highest BCUT2D eigenvalue weighted by Crippen LogP contribution is 2.22. The Bertz CT molecular complexity index is 825. The fraction of sp³-hybridized carbons (Fsp3) is 0.474. The highest BCUT2D eigenvalue weighted by molar-refractivity contribution is 7.91. The zero-order valence-corrected chi connectivity index (χ0v) is 15.9. The van der Waals surface area contributed by atoms with Gasteiger partial charge < -0.3 is 10.6 Å². The summed E-state index contributed by atoms with van der Waals surface area (Å²) in [5.74, 6) is 2.46. The molecule has 0 amide bonds. The van der Waals surface area contributed by atoms with Crippen molar-refractivity contribution in [2.45, 2.75) is 38.6 Å². The Labute approximate surface area is 155 Å². The molecule has 7 heteroatoms. The van der Waals surface area contributed by atoms with E-state index in [2.05, 4.69) is 27.5 Å². The van der Waals surface area contributed by atoms with Gasteiger partial charge in [-0.05, 0) is 12.8 Å². The Kier molecular flexibility index (Phi) is 6.08. The summed E-state index contributed by atoms with van der Waals surface area (Å²) in [6.07, 6.45) is 4.05. The van der Waals surface area contributed by atoms with Crippen molar-refractivity contribution in [3.8, 4) is 11.4 Å². The molecule has 1 aromatic carbocycles. The second-order valence-electron chi connectivity index (χ2n) is 6.71. The number of hydrogen-bond acceptors (Lipinski definition) is 6. The first-order valence-electron chi connectivity index (χ1n) is 9.21. The van der Waals surface area contributed by atoms with Crippen LogP contribution in [0.3, 0.4) is 0 Å². The van der Waals surface area contributed by atoms with Crippen molar-refractivity contribution in [3.05, 3.63) is 36.4 Å². The molecule has 1 aliphatic heterocycles. The Morgan fingerprint density at radius 3 is 2.58 bits per heavy atom. The van der Waals surface area contributed by atoms with Crippen LogP contribution in [0, 0.1) is 0 Å². The molecule has 0 bridgehead atoms. The summed E-state index contributed by atoms with van der Waals surface area (Å²) in [5.41, 5.74) is 0.937. The van der Waals surface area contributed by atoms with Crippen LogP contribution in [0.1, 0.15) is 32.6 Å². The van der Waals surface area contributed by atoms with Gasteiger partial charge in [-0.1, -0.05) is 50.1 Å². The zero-order valence-electron chi connectivity index (χ0n) is 15.1. The average molecular weight is 375 g/mol. The van der Waals surface area contributed by atoms with Crippen molar-refractivity contribution >= 4 is 21.5 Å². The molecular formula is C19H26N4O2S. The summed E-state index contributed by atoms with van der Waals surface area (Å²) < 4.78 is 23.4. The third-order valence-corrected chi connectivity index (χ3v) is 6.20. The molecule has 0 radical (unpaired) electrons. The van der Waals surface area contributed by atoms with E-state index in [0.29, 0.717) is 18.1 Å². The average Bonchev–Trinajstić information content (AvgIpc) is 2.98. The van der Waals surface area contributed by atoms with Gasteiger partial charge in [-0.25, -0.2) is 18.4 Å². The second-order valence-corrected chi connectivity index (χ2v) is 8.93. The highest BCUT2D eigenvalue weighted by atomic mass is 32.2. The number of rotatable bonds is 8. The molecule has 26 heavy (non-hydrogen) atoms. The van der Waals surface area contributed by atoms with Gasteiger partial charge in [-0.15, -0.1) is 0 Å². The summed E-state index contributed by atoms with van der Waals surface area (Å²) in [4.78, 5) is 9.23. The Hall–Kier alpha value is -2.15. The molecule has 3 rings (SSSR count). The molecule has 140 valence electrons. The molecule has 1 fully saturated rings. The fourth-order valence-electron chi connectivity index (χ4n) is 3.04. The van der Waals surface area contributed by atoms with Crippen molar-refractivity contribution in [1.29, 1.82) is 0 Å². The minimum Gasteiger partial charge on any atom is -0.370 e. The lowest BCUT2D eigenvalue weighted by Gasteiger charge is -2.14. The molecule has 1 aromatic heterocycles. The van der Waals surface area contributed by atoms with Gasteiger partial charge in [0.25, 0.3) is 0 Å². The monoisotopic (exact) mass is 374 g/mol. The quantitative estimate of drug-likeness (QED) is 0.690. The van der Waals surface area contributed by atoms with Gasteiger partial charge in [-0.2, -0.15) is 0 Å². The zero-order chi connectivity index (χ0) is 18.4. The molecule has 6 nitrogen and oxygen atoms in total. The van der Waals surface area contributed by atoms with Crippen molar-refractivity contribution < 1.29 is 8.42 Å². The van der Waals surface area contributed by atoms with Crippen LogP contribution in [0.4, 0.5) is 11.6 Å². The molecule has 0 spiro atoms. The summed E-state index contributed by atoms with van der Waals surface area (Å²) in [5, 5.41) is 6.64. The number of benzene rings is 1. The number of nitrogens with zero attached hydrogens (tertiary/aromatic N) is 2. The van der Waals surface area contributed by atoms with Gasteiger partial charge in [0, 0.05) is 24.2 Å². The van der Waals surface area contributed by atoms with Crippen LogP contribution in [0.15, 0.2) is 36.4 Å². The van der Waals surface area contributed by atoms with Gasteiger partial charge in [0.05, 0.1) is 11.5 Å². The van der Waals surface area contributed by atoms with Gasteiger partial charge in [-0.3, -0.25) is 0 Å². The van der Waals surface area contributed by atoms with Crippen LogP contribution in [-0.2, 0) is 9.84 Å². The summed E-state index contributed by atoms with van der Waals surface area (Å²) in [6.45, 7) is 3.03. The maximum atomic E-state index is 11.7. The lowest BCUT2D eigenvalue weighted by Crippen LogP contribution is -2.21. The predicted octanol–water partition coefficient (Wildman–Crippen LogP) is 3.34. The Morgan fingerprint density at radius 1 is 1.12 bits per heavy atom. The van der Waals surface area contributed by atoms with Gasteiger partial charge in [0.15, 0.2) is 15.7 Å². The van der Waals surface area contributed by atoms with Crippen molar-refractivity contribution in [1.82, 2.24) is 9.97 Å². The number of anilines is 2. The largest absolute Gasteiger partial charge is 0.370 e. The van der Waals surface area contributed by atoms with E-state index >= 15 is 0 Å². The number of aromatic nitrogens is 2. The van der Waals surface area contributed by atoms with Gasteiger partial charge in [0.2, 0.25) is 0 Å². The first-order chi connectivity index (χ1) is 12.6. The lowest BCUT2D eigenvalue weighted by atomic mass is 10.2. The maximum Gasteiger partial charge on any atom is 0.163 e. The van der Waals surface area contributed by atoms with Crippen LogP contribution >= 0.6 is 0 Å². The standard InChI is InChI=1S/C19H26N4O2S/c1-2-3-7-11-20-17-13-18(21-16-10-12-26(24,25)14-16)23-19(22-17)15-8-5-4-6-9-15/h4-6,8-9,13,16H,2-3,7,10-12,14H2,1H3,(H2,20,21,22,23). The maximum absolute atomic E-state index is 11.7. The molecule has 2 N–H and O–H groups in total. The molecule has 0 aliphatic carbocycles. The van der Waals surface area contributed by atoms with Crippen LogP contribution in [0.5, 0.6) is 0 Å². The molecule has 1 unspecified atom stereocenters. The molecule has 1 atom stereocenters. The summed E-state index contributed by atoms with van der Waals surface area (Å²) >= 11 is 0. The third kappa shape index (κ3) is 5.17. The van der Waals surface area contributed by atoms with Crippen LogP contribution in [-0.4, -0.2) is 42.5 Å². The Morgan fingerprint density at radius 2 is 1.88 bits per heavy atom. The van der Waals surface area contributed by atoms with E-state index < -0.39 is 9.84 Å². The van der Waals surface area contributed by atoms with E-state index in [1.54, 1.807) is 0 Å². The topological polar surface area (TPSA) is 84.0 Å². The molecule has 0 saturated carbocycles. The smallest absolute Gasteiger partial charge is 0.163 e. The first-order valence-corrected chi connectivity index (χ1v) is 11.0. The minimum atomic E-state index is -2.93. The van der Waals surface area contributed by atoms with Crippen LogP contribution < -0.4 is 10.6 Å². The molecular weight excluding hydrogens is 348 g/mol. The number of hydrogen-bond donors (Lipinski definition) is 2. The Balaban J connectivity index is 1.80. The van der Waals surface area contributed by atoms with Gasteiger partial charge >= 0.3 is 0 Å². The van der Waals surface area contributed by atoms with E-state index in [1.807, 2.05) is 36.4 Å². The molecule has 2 aromatic rings. The van der Waals surface area contributed by atoms with Gasteiger partial charge in [0.1, 0.15) is 11.6 Å². The number of sulfone groups is 1. The number of nitrogens with one attached hydrogen (secondary N) is 2. The first kappa shape index (κ1) is 18.6. The van der Waals surface area contributed by atoms with Crippen LogP contribution in [0.2, 0.25) is 0 Å². The van der Waals surface area contributed by atoms with Crippen molar-refractivity contribution in [2.75, 3.05) is 28.7 Å². The van der Waals surface area contributed by atoms with E-state index in [0.717, 1.165) is 24.3 Å². The minimum absolute atomic E-state index is 0.0912. The predicted molar refractivity (Wildman–Crippen MR) is 106 cm³/mol. The molecule has 2 heterocycles. The van der Waals surface area contributed by atoms with E-state index in [4.69, 9.17) is 0 Å². The SMILES string of the molecule is CCCCCNc1cc(NC2CCS(=O)(=O)C2)nc(-c2ccccc2)n1. The summed E-state index contributed by atoms with van der Waals surface area (Å²) in [6, 6.07) is 11.6. The van der Waals surface area contributed by atoms with E-state index in [9.17, 15) is 8.42 Å². The molecule has 1 saturated heterocycles. The van der Waals surface area contributed by atoms with E-state index in [-0.39, 0.29) is 17.5 Å². The third-order valence-electron chi connectivity index (χ3n) is 4.43. The van der Waals surface area contributed by atoms with E-state index in [1.165, 1.54) is 12.8 Å². The fourth-order valence-corrected chi connectivity index (χ4v) is 4.71. The highest BCUT2D eigenvalue weighted by Gasteiger charge is 2.28. The molecule has 1 aliphatic rings. The normalized spacial score (nSPS) is 18.6. The van der Waals surface area contributed by atoms with Crippen molar-refractivity contribution in [3.63, 3.8) is 0 Å². The summed E-state index contributed by atoms with van der Waals surface area (Å²) in [7, 11) is -2.93. The number of unbranched alkanes of at least 4 members (excludes halogenated alkanes) is 2. The second kappa shape index (κ2) is 8.49.